The Hall–Kier alpha value is -1.03. The number of rotatable bonds is 5. The monoisotopic (exact) mass is 265 g/mol. The van der Waals surface area contributed by atoms with Gasteiger partial charge < -0.3 is 10.1 Å². The van der Waals surface area contributed by atoms with Crippen molar-refractivity contribution in [2.45, 2.75) is 45.6 Å². The zero-order valence-electron chi connectivity index (χ0n) is 12.6. The van der Waals surface area contributed by atoms with E-state index < -0.39 is 0 Å². The van der Waals surface area contributed by atoms with E-state index in [-0.39, 0.29) is 0 Å². The van der Waals surface area contributed by atoms with Gasteiger partial charge in [0, 0.05) is 32.7 Å². The van der Waals surface area contributed by atoms with Gasteiger partial charge in [-0.15, -0.1) is 0 Å². The first-order chi connectivity index (χ1) is 9.10. The second kappa shape index (κ2) is 6.42. The van der Waals surface area contributed by atoms with Crippen molar-refractivity contribution < 1.29 is 4.74 Å². The number of nitrogens with zero attached hydrogens (tertiary/aromatic N) is 2. The van der Waals surface area contributed by atoms with Crippen LogP contribution < -0.4 is 5.32 Å². The van der Waals surface area contributed by atoms with Gasteiger partial charge in [0.05, 0.1) is 12.3 Å². The molecule has 3 atom stereocenters. The van der Waals surface area contributed by atoms with Crippen molar-refractivity contribution in [3.05, 3.63) is 11.8 Å². The van der Waals surface area contributed by atoms with Gasteiger partial charge >= 0.3 is 0 Å². The standard InChI is InChI=1S/C15H27N3O/c1-11-5-6-13(9-12(11)2)16-15-10-14(7-8-19-4)17-18(15)3/h10-13,16H,5-9H2,1-4H3/t11-,12-,13+/m0/s1. The number of methoxy groups -OCH3 is 1. The third-order valence-corrected chi connectivity index (χ3v) is 4.44. The molecule has 0 unspecified atom stereocenters. The Labute approximate surface area is 116 Å². The second-order valence-electron chi connectivity index (χ2n) is 6.00. The van der Waals surface area contributed by atoms with Crippen molar-refractivity contribution in [2.24, 2.45) is 18.9 Å². The van der Waals surface area contributed by atoms with Gasteiger partial charge in [0.1, 0.15) is 5.82 Å². The quantitative estimate of drug-likeness (QED) is 0.890. The summed E-state index contributed by atoms with van der Waals surface area (Å²) < 4.78 is 7.05. The number of hydrogen-bond donors (Lipinski definition) is 1. The molecule has 0 radical (unpaired) electrons. The van der Waals surface area contributed by atoms with Crippen LogP contribution >= 0.6 is 0 Å². The molecule has 4 heteroatoms. The first-order valence-corrected chi connectivity index (χ1v) is 7.38. The third-order valence-electron chi connectivity index (χ3n) is 4.44. The Bertz CT molecular complexity index is 402. The molecule has 1 aromatic rings. The fraction of sp³-hybridized carbons (Fsp3) is 0.800. The largest absolute Gasteiger partial charge is 0.384 e. The zero-order chi connectivity index (χ0) is 13.8. The Kier molecular flexibility index (Phi) is 4.86. The minimum Gasteiger partial charge on any atom is -0.384 e. The topological polar surface area (TPSA) is 39.1 Å². The van der Waals surface area contributed by atoms with Crippen molar-refractivity contribution in [1.82, 2.24) is 9.78 Å². The summed E-state index contributed by atoms with van der Waals surface area (Å²) >= 11 is 0. The lowest BCUT2D eigenvalue weighted by Gasteiger charge is -2.32. The highest BCUT2D eigenvalue weighted by atomic mass is 16.5. The highest BCUT2D eigenvalue weighted by Gasteiger charge is 2.24. The first-order valence-electron chi connectivity index (χ1n) is 7.38. The molecule has 1 heterocycles. The molecule has 1 aliphatic rings. The molecule has 1 saturated carbocycles. The summed E-state index contributed by atoms with van der Waals surface area (Å²) in [5.41, 5.74) is 1.10. The van der Waals surface area contributed by atoms with Crippen LogP contribution in [0.4, 0.5) is 5.82 Å². The first kappa shape index (κ1) is 14.4. The zero-order valence-corrected chi connectivity index (χ0v) is 12.6. The lowest BCUT2D eigenvalue weighted by atomic mass is 9.79. The molecular weight excluding hydrogens is 238 g/mol. The van der Waals surface area contributed by atoms with E-state index >= 15 is 0 Å². The fourth-order valence-electron chi connectivity index (χ4n) is 2.88. The van der Waals surface area contributed by atoms with E-state index in [0.29, 0.717) is 6.04 Å². The molecule has 0 bridgehead atoms. The smallest absolute Gasteiger partial charge is 0.124 e. The van der Waals surface area contributed by atoms with E-state index in [9.17, 15) is 0 Å². The fourth-order valence-corrected chi connectivity index (χ4v) is 2.88. The summed E-state index contributed by atoms with van der Waals surface area (Å²) in [5, 5.41) is 8.18. The predicted molar refractivity (Wildman–Crippen MR) is 78.4 cm³/mol. The number of anilines is 1. The number of nitrogens with one attached hydrogen (secondary N) is 1. The van der Waals surface area contributed by atoms with Crippen LogP contribution in [-0.4, -0.2) is 29.5 Å². The van der Waals surface area contributed by atoms with Crippen LogP contribution in [0.1, 0.15) is 38.8 Å². The van der Waals surface area contributed by atoms with E-state index in [1.165, 1.54) is 19.3 Å². The van der Waals surface area contributed by atoms with Crippen LogP contribution in [0.5, 0.6) is 0 Å². The highest BCUT2D eigenvalue weighted by molar-refractivity contribution is 5.38. The summed E-state index contributed by atoms with van der Waals surface area (Å²) in [5.74, 6) is 2.81. The molecule has 1 fully saturated rings. The Morgan fingerprint density at radius 1 is 1.37 bits per heavy atom. The molecule has 19 heavy (non-hydrogen) atoms. The minimum atomic E-state index is 0.594. The lowest BCUT2D eigenvalue weighted by Crippen LogP contribution is -2.30. The molecule has 2 rings (SSSR count). The maximum atomic E-state index is 5.10. The molecule has 0 aliphatic heterocycles. The van der Waals surface area contributed by atoms with Gasteiger partial charge in [-0.25, -0.2) is 0 Å². The lowest BCUT2D eigenvalue weighted by molar-refractivity contribution is 0.201. The molecule has 0 saturated heterocycles. The molecule has 1 aliphatic carbocycles. The third kappa shape index (κ3) is 3.72. The van der Waals surface area contributed by atoms with Gasteiger partial charge in [-0.2, -0.15) is 5.10 Å². The van der Waals surface area contributed by atoms with E-state index in [1.807, 2.05) is 11.7 Å². The second-order valence-corrected chi connectivity index (χ2v) is 6.00. The summed E-state index contributed by atoms with van der Waals surface area (Å²) in [6, 6.07) is 2.75. The number of ether oxygens (including phenoxy) is 1. The Balaban J connectivity index is 1.93. The Morgan fingerprint density at radius 3 is 2.84 bits per heavy atom. The van der Waals surface area contributed by atoms with Gasteiger partial charge in [0.25, 0.3) is 0 Å². The average Bonchev–Trinajstić information content (AvgIpc) is 2.72. The molecular formula is C15H27N3O. The number of hydrogen-bond acceptors (Lipinski definition) is 3. The van der Waals surface area contributed by atoms with Gasteiger partial charge in [0.15, 0.2) is 0 Å². The highest BCUT2D eigenvalue weighted by Crippen LogP contribution is 2.31. The SMILES string of the molecule is COCCc1cc(N[C@@H]2CC[C@H](C)[C@@H](C)C2)n(C)n1. The van der Waals surface area contributed by atoms with Crippen LogP contribution in [-0.2, 0) is 18.2 Å². The summed E-state index contributed by atoms with van der Waals surface area (Å²) in [6.45, 7) is 5.47. The number of aromatic nitrogens is 2. The summed E-state index contributed by atoms with van der Waals surface area (Å²) in [7, 11) is 3.74. The van der Waals surface area contributed by atoms with E-state index in [4.69, 9.17) is 4.74 Å². The molecule has 0 spiro atoms. The minimum absolute atomic E-state index is 0.594. The summed E-state index contributed by atoms with van der Waals surface area (Å²) in [4.78, 5) is 0. The van der Waals surface area contributed by atoms with Crippen LogP contribution in [0.3, 0.4) is 0 Å². The van der Waals surface area contributed by atoms with E-state index in [2.05, 4.69) is 30.3 Å². The molecule has 0 amide bonds. The average molecular weight is 265 g/mol. The molecule has 1 N–H and O–H groups in total. The molecule has 108 valence electrons. The van der Waals surface area contributed by atoms with Crippen molar-refractivity contribution in [2.75, 3.05) is 19.0 Å². The number of aryl methyl sites for hydroxylation is 1. The van der Waals surface area contributed by atoms with Crippen molar-refractivity contribution in [1.29, 1.82) is 0 Å². The Morgan fingerprint density at radius 2 is 2.16 bits per heavy atom. The van der Waals surface area contributed by atoms with Crippen molar-refractivity contribution in [3.63, 3.8) is 0 Å². The van der Waals surface area contributed by atoms with Gasteiger partial charge in [-0.3, -0.25) is 4.68 Å². The van der Waals surface area contributed by atoms with Gasteiger partial charge in [0.2, 0.25) is 0 Å². The van der Waals surface area contributed by atoms with Gasteiger partial charge in [-0.05, 0) is 31.1 Å². The predicted octanol–water partition coefficient (Wildman–Crippen LogP) is 2.85. The normalized spacial score (nSPS) is 27.5. The van der Waals surface area contributed by atoms with Crippen LogP contribution in [0.2, 0.25) is 0 Å². The van der Waals surface area contributed by atoms with Gasteiger partial charge in [-0.1, -0.05) is 13.8 Å². The van der Waals surface area contributed by atoms with E-state index in [0.717, 1.165) is 36.4 Å². The van der Waals surface area contributed by atoms with Crippen LogP contribution in [0.15, 0.2) is 6.07 Å². The van der Waals surface area contributed by atoms with Crippen LogP contribution in [0.25, 0.3) is 0 Å². The van der Waals surface area contributed by atoms with Crippen LogP contribution in [0, 0.1) is 11.8 Å². The van der Waals surface area contributed by atoms with E-state index in [1.54, 1.807) is 7.11 Å². The molecule has 4 nitrogen and oxygen atoms in total. The molecule has 0 aromatic carbocycles. The summed E-state index contributed by atoms with van der Waals surface area (Å²) in [6.07, 6.45) is 4.74. The van der Waals surface area contributed by atoms with Crippen molar-refractivity contribution in [3.8, 4) is 0 Å². The maximum Gasteiger partial charge on any atom is 0.124 e. The van der Waals surface area contributed by atoms with Crippen molar-refractivity contribution >= 4 is 5.82 Å². The molecule has 1 aromatic heterocycles. The maximum absolute atomic E-state index is 5.10.